The normalized spacial score (nSPS) is 17.6. The van der Waals surface area contributed by atoms with Gasteiger partial charge in [-0.05, 0) is 43.9 Å². The second kappa shape index (κ2) is 4.15. The van der Waals surface area contributed by atoms with Crippen LogP contribution in [0.3, 0.4) is 0 Å². The van der Waals surface area contributed by atoms with Gasteiger partial charge >= 0.3 is 5.97 Å². The lowest BCUT2D eigenvalue weighted by molar-refractivity contribution is -0.179. The number of carbonyl (C=O) groups is 1. The number of aliphatic carboxylic acids is 1. The zero-order valence-electron chi connectivity index (χ0n) is 10.5. The molecule has 1 N–H and O–H groups in total. The standard InChI is InChI=1S/C14H18O3/c1-9-4-10(2)12(11(3)5-9)6-14(13(15)16)7-17-8-14/h4-5H,6-8H2,1-3H3,(H,15,16). The molecule has 17 heavy (non-hydrogen) atoms. The lowest BCUT2D eigenvalue weighted by atomic mass is 9.77. The average molecular weight is 234 g/mol. The van der Waals surface area contributed by atoms with Crippen LogP contribution >= 0.6 is 0 Å². The van der Waals surface area contributed by atoms with Crippen LogP contribution in [0.15, 0.2) is 12.1 Å². The predicted octanol–water partition coefficient (Wildman–Crippen LogP) is 2.26. The van der Waals surface area contributed by atoms with Crippen LogP contribution in [0.1, 0.15) is 22.3 Å². The predicted molar refractivity (Wildman–Crippen MR) is 65.2 cm³/mol. The maximum atomic E-state index is 11.3. The molecule has 0 radical (unpaired) electrons. The van der Waals surface area contributed by atoms with Crippen LogP contribution in [-0.4, -0.2) is 24.3 Å². The highest BCUT2D eigenvalue weighted by Crippen LogP contribution is 2.34. The van der Waals surface area contributed by atoms with E-state index in [-0.39, 0.29) is 0 Å². The third-order valence-electron chi connectivity index (χ3n) is 3.57. The summed E-state index contributed by atoms with van der Waals surface area (Å²) in [6.07, 6.45) is 0.570. The van der Waals surface area contributed by atoms with Gasteiger partial charge in [-0.25, -0.2) is 0 Å². The number of carboxylic acids is 1. The van der Waals surface area contributed by atoms with E-state index in [0.717, 1.165) is 5.56 Å². The number of hydrogen-bond acceptors (Lipinski definition) is 2. The van der Waals surface area contributed by atoms with Gasteiger partial charge in [0.15, 0.2) is 0 Å². The van der Waals surface area contributed by atoms with E-state index in [1.54, 1.807) is 0 Å². The largest absolute Gasteiger partial charge is 0.481 e. The SMILES string of the molecule is Cc1cc(C)c(CC2(C(=O)O)COC2)c(C)c1. The van der Waals surface area contributed by atoms with Gasteiger partial charge in [0.1, 0.15) is 5.41 Å². The molecule has 2 rings (SSSR count). The van der Waals surface area contributed by atoms with Gasteiger partial charge < -0.3 is 9.84 Å². The Labute approximate surface area is 101 Å². The van der Waals surface area contributed by atoms with Gasteiger partial charge in [0.05, 0.1) is 13.2 Å². The molecule has 0 amide bonds. The number of carboxylic acid groups (broad SMARTS) is 1. The third-order valence-corrected chi connectivity index (χ3v) is 3.57. The van der Waals surface area contributed by atoms with E-state index >= 15 is 0 Å². The van der Waals surface area contributed by atoms with Crippen molar-refractivity contribution in [2.45, 2.75) is 27.2 Å². The van der Waals surface area contributed by atoms with Gasteiger partial charge in [0.25, 0.3) is 0 Å². The van der Waals surface area contributed by atoms with Gasteiger partial charge in [-0.15, -0.1) is 0 Å². The first kappa shape index (κ1) is 12.1. The quantitative estimate of drug-likeness (QED) is 0.872. The van der Waals surface area contributed by atoms with Crippen molar-refractivity contribution in [2.24, 2.45) is 5.41 Å². The summed E-state index contributed by atoms with van der Waals surface area (Å²) >= 11 is 0. The molecule has 0 atom stereocenters. The molecule has 3 nitrogen and oxygen atoms in total. The zero-order valence-corrected chi connectivity index (χ0v) is 10.5. The zero-order chi connectivity index (χ0) is 12.6. The maximum Gasteiger partial charge on any atom is 0.314 e. The number of aryl methyl sites for hydroxylation is 3. The Morgan fingerprint density at radius 3 is 2.18 bits per heavy atom. The molecule has 1 aromatic rings. The van der Waals surface area contributed by atoms with Gasteiger partial charge in [-0.3, -0.25) is 4.79 Å². The van der Waals surface area contributed by atoms with Crippen molar-refractivity contribution < 1.29 is 14.6 Å². The molecule has 1 fully saturated rings. The molecule has 0 spiro atoms. The summed E-state index contributed by atoms with van der Waals surface area (Å²) in [5.41, 5.74) is 4.02. The fourth-order valence-electron chi connectivity index (χ4n) is 2.48. The van der Waals surface area contributed by atoms with Crippen molar-refractivity contribution >= 4 is 5.97 Å². The summed E-state index contributed by atoms with van der Waals surface area (Å²) < 4.78 is 5.09. The second-order valence-electron chi connectivity index (χ2n) is 5.13. The molecule has 3 heteroatoms. The number of rotatable bonds is 3. The molecule has 1 aromatic carbocycles. The molecular formula is C14H18O3. The van der Waals surface area contributed by atoms with Crippen molar-refractivity contribution in [3.63, 3.8) is 0 Å². The molecule has 1 aliphatic heterocycles. The Morgan fingerprint density at radius 1 is 1.29 bits per heavy atom. The molecule has 0 aliphatic carbocycles. The van der Waals surface area contributed by atoms with Crippen molar-refractivity contribution in [1.82, 2.24) is 0 Å². The highest BCUT2D eigenvalue weighted by atomic mass is 16.5. The molecule has 0 unspecified atom stereocenters. The smallest absolute Gasteiger partial charge is 0.314 e. The summed E-state index contributed by atoms with van der Waals surface area (Å²) in [6, 6.07) is 4.22. The van der Waals surface area contributed by atoms with Gasteiger partial charge in [0, 0.05) is 0 Å². The molecule has 1 saturated heterocycles. The van der Waals surface area contributed by atoms with Gasteiger partial charge in [-0.1, -0.05) is 17.7 Å². The lowest BCUT2D eigenvalue weighted by Crippen LogP contribution is -2.50. The molecule has 92 valence electrons. The summed E-state index contributed by atoms with van der Waals surface area (Å²) in [4.78, 5) is 11.3. The van der Waals surface area contributed by atoms with Crippen molar-refractivity contribution in [3.8, 4) is 0 Å². The lowest BCUT2D eigenvalue weighted by Gasteiger charge is -2.38. The highest BCUT2D eigenvalue weighted by molar-refractivity contribution is 5.76. The monoisotopic (exact) mass is 234 g/mol. The number of benzene rings is 1. The van der Waals surface area contributed by atoms with Crippen LogP contribution in [0.25, 0.3) is 0 Å². The topological polar surface area (TPSA) is 46.5 Å². The van der Waals surface area contributed by atoms with E-state index in [2.05, 4.69) is 19.1 Å². The summed E-state index contributed by atoms with van der Waals surface area (Å²) in [5.74, 6) is -0.747. The molecular weight excluding hydrogens is 216 g/mol. The van der Waals surface area contributed by atoms with Crippen LogP contribution < -0.4 is 0 Å². The Morgan fingerprint density at radius 2 is 1.82 bits per heavy atom. The number of hydrogen-bond donors (Lipinski definition) is 1. The number of ether oxygens (including phenoxy) is 1. The minimum absolute atomic E-state index is 0.328. The van der Waals surface area contributed by atoms with E-state index in [9.17, 15) is 9.90 Å². The van der Waals surface area contributed by atoms with E-state index < -0.39 is 11.4 Å². The first-order valence-corrected chi connectivity index (χ1v) is 5.82. The van der Waals surface area contributed by atoms with E-state index in [1.165, 1.54) is 16.7 Å². The highest BCUT2D eigenvalue weighted by Gasteiger charge is 2.46. The van der Waals surface area contributed by atoms with Crippen molar-refractivity contribution in [1.29, 1.82) is 0 Å². The summed E-state index contributed by atoms with van der Waals surface area (Å²) in [6.45, 7) is 6.81. The maximum absolute atomic E-state index is 11.3. The minimum atomic E-state index is -0.747. The molecule has 1 aliphatic rings. The Hall–Kier alpha value is -1.35. The Balaban J connectivity index is 2.33. The molecule has 0 aromatic heterocycles. The Bertz CT molecular complexity index is 436. The van der Waals surface area contributed by atoms with Crippen LogP contribution in [0.5, 0.6) is 0 Å². The van der Waals surface area contributed by atoms with Gasteiger partial charge in [0.2, 0.25) is 0 Å². The molecule has 0 bridgehead atoms. The Kier molecular flexibility index (Phi) is 2.96. The fraction of sp³-hybridized carbons (Fsp3) is 0.500. The third kappa shape index (κ3) is 2.07. The molecule has 1 heterocycles. The van der Waals surface area contributed by atoms with Crippen molar-refractivity contribution in [2.75, 3.05) is 13.2 Å². The van der Waals surface area contributed by atoms with Crippen LogP contribution in [0.2, 0.25) is 0 Å². The van der Waals surface area contributed by atoms with E-state index in [4.69, 9.17) is 4.74 Å². The second-order valence-corrected chi connectivity index (χ2v) is 5.13. The molecule has 0 saturated carbocycles. The minimum Gasteiger partial charge on any atom is -0.481 e. The summed E-state index contributed by atoms with van der Waals surface area (Å²) in [7, 11) is 0. The first-order chi connectivity index (χ1) is 7.94. The van der Waals surface area contributed by atoms with Crippen LogP contribution in [-0.2, 0) is 16.0 Å². The summed E-state index contributed by atoms with van der Waals surface area (Å²) in [5, 5.41) is 9.30. The first-order valence-electron chi connectivity index (χ1n) is 5.82. The average Bonchev–Trinajstić information content (AvgIpc) is 2.13. The van der Waals surface area contributed by atoms with Crippen LogP contribution in [0, 0.1) is 26.2 Å². The van der Waals surface area contributed by atoms with Gasteiger partial charge in [-0.2, -0.15) is 0 Å². The van der Waals surface area contributed by atoms with E-state index in [0.29, 0.717) is 19.6 Å². The van der Waals surface area contributed by atoms with Crippen LogP contribution in [0.4, 0.5) is 0 Å². The fourth-order valence-corrected chi connectivity index (χ4v) is 2.48. The van der Waals surface area contributed by atoms with E-state index in [1.807, 2.05) is 13.8 Å². The van der Waals surface area contributed by atoms with Crippen molar-refractivity contribution in [3.05, 3.63) is 34.4 Å².